The third kappa shape index (κ3) is 3.63. The third-order valence-corrected chi connectivity index (χ3v) is 4.35. The van der Waals surface area contributed by atoms with Crippen molar-refractivity contribution < 1.29 is 14.3 Å². The van der Waals surface area contributed by atoms with Crippen molar-refractivity contribution in [3.63, 3.8) is 0 Å². The molecule has 0 bridgehead atoms. The molecule has 0 aliphatic carbocycles. The van der Waals surface area contributed by atoms with Crippen LogP contribution in [0.5, 0.6) is 0 Å². The molecule has 2 heterocycles. The summed E-state index contributed by atoms with van der Waals surface area (Å²) in [5.74, 6) is 1.43. The van der Waals surface area contributed by atoms with Crippen molar-refractivity contribution >= 4 is 5.97 Å². The smallest absolute Gasteiger partial charge is 0.372 e. The summed E-state index contributed by atoms with van der Waals surface area (Å²) >= 11 is 0. The number of carbonyl (C=O) groups is 1. The highest BCUT2D eigenvalue weighted by atomic mass is 16.4. The Morgan fingerprint density at radius 3 is 2.80 bits per heavy atom. The Morgan fingerprint density at radius 1 is 1.45 bits per heavy atom. The van der Waals surface area contributed by atoms with Crippen LogP contribution in [-0.2, 0) is 6.54 Å². The van der Waals surface area contributed by atoms with Gasteiger partial charge in [0.05, 0.1) is 6.54 Å². The van der Waals surface area contributed by atoms with Gasteiger partial charge in [-0.1, -0.05) is 13.8 Å². The zero-order valence-electron chi connectivity index (χ0n) is 12.7. The van der Waals surface area contributed by atoms with E-state index in [4.69, 9.17) is 9.52 Å². The summed E-state index contributed by atoms with van der Waals surface area (Å²) in [6.07, 6.45) is 3.74. The topological polar surface area (TPSA) is 53.7 Å². The van der Waals surface area contributed by atoms with E-state index in [-0.39, 0.29) is 5.76 Å². The number of carboxylic acid groups (broad SMARTS) is 1. The molecular formula is C16H25NO3. The van der Waals surface area contributed by atoms with Crippen molar-refractivity contribution in [2.45, 2.75) is 46.6 Å². The van der Waals surface area contributed by atoms with Crippen molar-refractivity contribution in [2.24, 2.45) is 11.8 Å². The van der Waals surface area contributed by atoms with Crippen molar-refractivity contribution in [3.8, 4) is 0 Å². The van der Waals surface area contributed by atoms with Gasteiger partial charge in [-0.15, -0.1) is 0 Å². The predicted octanol–water partition coefficient (Wildman–Crippen LogP) is 3.54. The summed E-state index contributed by atoms with van der Waals surface area (Å²) in [7, 11) is 0. The van der Waals surface area contributed by atoms with Crippen molar-refractivity contribution in [3.05, 3.63) is 23.2 Å². The Hall–Kier alpha value is -1.29. The second-order valence-electron chi connectivity index (χ2n) is 6.24. The number of hydrogen-bond donors (Lipinski definition) is 1. The molecule has 1 atom stereocenters. The lowest BCUT2D eigenvalue weighted by atomic mass is 9.89. The molecule has 1 aliphatic rings. The second-order valence-corrected chi connectivity index (χ2v) is 6.24. The van der Waals surface area contributed by atoms with Gasteiger partial charge in [-0.3, -0.25) is 4.90 Å². The Morgan fingerprint density at radius 2 is 2.20 bits per heavy atom. The first-order chi connectivity index (χ1) is 9.47. The van der Waals surface area contributed by atoms with Gasteiger partial charge in [0.2, 0.25) is 5.76 Å². The molecule has 1 N–H and O–H groups in total. The summed E-state index contributed by atoms with van der Waals surface area (Å²) < 4.78 is 5.45. The zero-order chi connectivity index (χ0) is 14.7. The number of rotatable bonds is 4. The van der Waals surface area contributed by atoms with E-state index in [1.54, 1.807) is 6.92 Å². The van der Waals surface area contributed by atoms with Gasteiger partial charge in [-0.25, -0.2) is 4.79 Å². The number of likely N-dealkylation sites (tertiary alicyclic amines) is 1. The first-order valence-corrected chi connectivity index (χ1v) is 7.52. The van der Waals surface area contributed by atoms with Crippen LogP contribution in [0.4, 0.5) is 0 Å². The average Bonchev–Trinajstić information content (AvgIpc) is 2.59. The summed E-state index contributed by atoms with van der Waals surface area (Å²) in [4.78, 5) is 13.4. The number of nitrogens with zero attached hydrogens (tertiary/aromatic N) is 1. The van der Waals surface area contributed by atoms with Crippen LogP contribution in [0, 0.1) is 18.8 Å². The average molecular weight is 279 g/mol. The Kier molecular flexibility index (Phi) is 4.86. The summed E-state index contributed by atoms with van der Waals surface area (Å²) in [5.41, 5.74) is 0.711. The molecule has 20 heavy (non-hydrogen) atoms. The lowest BCUT2D eigenvalue weighted by Gasteiger charge is -2.20. The molecule has 1 aromatic rings. The fourth-order valence-electron chi connectivity index (χ4n) is 3.07. The van der Waals surface area contributed by atoms with Gasteiger partial charge in [-0.05, 0) is 57.2 Å². The van der Waals surface area contributed by atoms with Crippen LogP contribution in [0.15, 0.2) is 10.5 Å². The van der Waals surface area contributed by atoms with E-state index in [1.807, 2.05) is 6.07 Å². The van der Waals surface area contributed by atoms with Crippen molar-refractivity contribution in [2.75, 3.05) is 13.1 Å². The molecule has 4 nitrogen and oxygen atoms in total. The Labute approximate surface area is 120 Å². The first kappa shape index (κ1) is 15.1. The molecule has 1 fully saturated rings. The fraction of sp³-hybridized carbons (Fsp3) is 0.688. The van der Waals surface area contributed by atoms with E-state index >= 15 is 0 Å². The quantitative estimate of drug-likeness (QED) is 0.915. The summed E-state index contributed by atoms with van der Waals surface area (Å²) in [6, 6.07) is 1.86. The van der Waals surface area contributed by atoms with E-state index in [0.717, 1.165) is 37.2 Å². The number of furan rings is 1. The van der Waals surface area contributed by atoms with Gasteiger partial charge in [0.25, 0.3) is 0 Å². The molecule has 112 valence electrons. The minimum absolute atomic E-state index is 0.0786. The second kappa shape index (κ2) is 6.44. The molecule has 1 saturated heterocycles. The SMILES string of the molecule is Cc1cc(CN2CCCC(C(C)C)CC2)oc1C(=O)O. The maximum absolute atomic E-state index is 11.0. The number of carboxylic acids is 1. The van der Waals surface area contributed by atoms with Crippen LogP contribution in [0.3, 0.4) is 0 Å². The maximum Gasteiger partial charge on any atom is 0.372 e. The number of hydrogen-bond acceptors (Lipinski definition) is 3. The molecule has 4 heteroatoms. The van der Waals surface area contributed by atoms with Gasteiger partial charge in [0.15, 0.2) is 0 Å². The summed E-state index contributed by atoms with van der Waals surface area (Å²) in [6.45, 7) is 9.26. The van der Waals surface area contributed by atoms with Gasteiger partial charge in [0, 0.05) is 5.56 Å². The molecule has 0 amide bonds. The number of aryl methyl sites for hydroxylation is 1. The normalized spacial score (nSPS) is 21.1. The lowest BCUT2D eigenvalue weighted by molar-refractivity contribution is 0.0657. The van der Waals surface area contributed by atoms with Crippen LogP contribution in [0.2, 0.25) is 0 Å². The predicted molar refractivity (Wildman–Crippen MR) is 77.9 cm³/mol. The maximum atomic E-state index is 11.0. The molecule has 1 unspecified atom stereocenters. The van der Waals surface area contributed by atoms with Gasteiger partial charge in [-0.2, -0.15) is 0 Å². The molecule has 2 rings (SSSR count). The first-order valence-electron chi connectivity index (χ1n) is 7.52. The van der Waals surface area contributed by atoms with Gasteiger partial charge in [0.1, 0.15) is 5.76 Å². The fourth-order valence-corrected chi connectivity index (χ4v) is 3.07. The van der Waals surface area contributed by atoms with E-state index < -0.39 is 5.97 Å². The van der Waals surface area contributed by atoms with Gasteiger partial charge >= 0.3 is 5.97 Å². The van der Waals surface area contributed by atoms with Crippen LogP contribution in [0.25, 0.3) is 0 Å². The van der Waals surface area contributed by atoms with Crippen LogP contribution in [-0.4, -0.2) is 29.1 Å². The minimum atomic E-state index is -0.982. The highest BCUT2D eigenvalue weighted by molar-refractivity contribution is 5.86. The summed E-state index contributed by atoms with van der Waals surface area (Å²) in [5, 5.41) is 9.02. The van der Waals surface area contributed by atoms with Crippen LogP contribution < -0.4 is 0 Å². The third-order valence-electron chi connectivity index (χ3n) is 4.35. The van der Waals surface area contributed by atoms with Crippen molar-refractivity contribution in [1.82, 2.24) is 4.90 Å². The monoisotopic (exact) mass is 279 g/mol. The van der Waals surface area contributed by atoms with Gasteiger partial charge < -0.3 is 9.52 Å². The van der Waals surface area contributed by atoms with Crippen molar-refractivity contribution in [1.29, 1.82) is 0 Å². The Balaban J connectivity index is 1.96. The van der Waals surface area contributed by atoms with Crippen LogP contribution >= 0.6 is 0 Å². The van der Waals surface area contributed by atoms with E-state index in [1.165, 1.54) is 19.3 Å². The van der Waals surface area contributed by atoms with E-state index in [9.17, 15) is 4.79 Å². The largest absolute Gasteiger partial charge is 0.475 e. The highest BCUT2D eigenvalue weighted by Gasteiger charge is 2.21. The molecule has 0 radical (unpaired) electrons. The highest BCUT2D eigenvalue weighted by Crippen LogP contribution is 2.25. The molecule has 0 saturated carbocycles. The lowest BCUT2D eigenvalue weighted by Crippen LogP contribution is -2.24. The molecule has 0 aromatic carbocycles. The van der Waals surface area contributed by atoms with E-state index in [0.29, 0.717) is 5.56 Å². The standard InChI is InChI=1S/C16H25NO3/c1-11(2)13-5-4-7-17(8-6-13)10-14-9-12(3)15(20-14)16(18)19/h9,11,13H,4-8,10H2,1-3H3,(H,18,19). The molecule has 0 spiro atoms. The van der Waals surface area contributed by atoms with E-state index in [2.05, 4.69) is 18.7 Å². The van der Waals surface area contributed by atoms with Crippen LogP contribution in [0.1, 0.15) is 55.0 Å². The molecular weight excluding hydrogens is 254 g/mol. The Bertz CT molecular complexity index is 464. The molecule has 1 aromatic heterocycles. The molecule has 1 aliphatic heterocycles. The minimum Gasteiger partial charge on any atom is -0.475 e. The zero-order valence-corrected chi connectivity index (χ0v) is 12.7. The number of aromatic carboxylic acids is 1.